The van der Waals surface area contributed by atoms with E-state index in [0.717, 1.165) is 62.5 Å². The van der Waals surface area contributed by atoms with Crippen molar-refractivity contribution in [3.63, 3.8) is 0 Å². The summed E-state index contributed by atoms with van der Waals surface area (Å²) in [7, 11) is 0. The lowest BCUT2D eigenvalue weighted by atomic mass is 10.1. The van der Waals surface area contributed by atoms with E-state index in [1.165, 1.54) is 0 Å². The van der Waals surface area contributed by atoms with E-state index >= 15 is 0 Å². The number of morpholine rings is 1. The monoisotopic (exact) mass is 351 g/mol. The molecule has 6 heteroatoms. The minimum absolute atomic E-state index is 0.167. The van der Waals surface area contributed by atoms with Gasteiger partial charge in [-0.2, -0.15) is 5.26 Å². The number of nitrogens with zero attached hydrogens (tertiary/aromatic N) is 4. The lowest BCUT2D eigenvalue weighted by molar-refractivity contribution is -0.0336. The van der Waals surface area contributed by atoms with E-state index in [-0.39, 0.29) is 12.2 Å². The summed E-state index contributed by atoms with van der Waals surface area (Å²) in [5.74, 6) is 0.931. The highest BCUT2D eigenvalue weighted by molar-refractivity contribution is 5.85. The zero-order valence-electron chi connectivity index (χ0n) is 15.2. The quantitative estimate of drug-likeness (QED) is 0.906. The Labute approximate surface area is 154 Å². The molecule has 1 N–H and O–H groups in total. The second-order valence-corrected chi connectivity index (χ2v) is 7.18. The van der Waals surface area contributed by atoms with Crippen LogP contribution in [0.25, 0.3) is 10.9 Å². The van der Waals surface area contributed by atoms with Gasteiger partial charge in [-0.3, -0.25) is 4.90 Å². The molecule has 136 valence electrons. The Morgan fingerprint density at radius 1 is 1.23 bits per heavy atom. The van der Waals surface area contributed by atoms with Gasteiger partial charge in [0.15, 0.2) is 0 Å². The molecule has 1 aromatic heterocycles. The predicted molar refractivity (Wildman–Crippen MR) is 102 cm³/mol. The molecule has 0 radical (unpaired) electrons. The van der Waals surface area contributed by atoms with Crippen molar-refractivity contribution in [2.45, 2.75) is 19.1 Å². The number of fused-ring (bicyclic) bond motifs is 1. The maximum atomic E-state index is 9.37. The van der Waals surface area contributed by atoms with Crippen LogP contribution in [-0.4, -0.2) is 67.9 Å². The molecule has 2 aliphatic rings. The highest BCUT2D eigenvalue weighted by Gasteiger charge is 2.28. The summed E-state index contributed by atoms with van der Waals surface area (Å²) in [6, 6.07) is 12.1. The molecule has 0 bridgehead atoms. The van der Waals surface area contributed by atoms with Gasteiger partial charge < -0.3 is 15.0 Å². The van der Waals surface area contributed by atoms with Crippen LogP contribution >= 0.6 is 0 Å². The molecule has 2 unspecified atom stereocenters. The molecule has 2 aromatic rings. The molecule has 0 amide bonds. The van der Waals surface area contributed by atoms with E-state index < -0.39 is 0 Å². The summed E-state index contributed by atoms with van der Waals surface area (Å²) in [4.78, 5) is 9.58. The van der Waals surface area contributed by atoms with Crippen molar-refractivity contribution in [1.82, 2.24) is 15.2 Å². The SMILES string of the molecule is CC1CN(c2ccc3cccc(C#N)c3n2)CC(CN2CCNCC2)O1. The molecular weight excluding hydrogens is 326 g/mol. The smallest absolute Gasteiger partial charge is 0.129 e. The number of hydrogen-bond donors (Lipinski definition) is 1. The van der Waals surface area contributed by atoms with Gasteiger partial charge in [0.2, 0.25) is 0 Å². The molecular formula is C20H25N5O. The number of anilines is 1. The lowest BCUT2D eigenvalue weighted by Crippen LogP contribution is -2.53. The fourth-order valence-electron chi connectivity index (χ4n) is 3.92. The number of ether oxygens (including phenoxy) is 1. The minimum atomic E-state index is 0.167. The Hall–Kier alpha value is -2.20. The third-order valence-corrected chi connectivity index (χ3v) is 5.15. The highest BCUT2D eigenvalue weighted by atomic mass is 16.5. The van der Waals surface area contributed by atoms with Gasteiger partial charge in [0, 0.05) is 51.2 Å². The first-order chi connectivity index (χ1) is 12.7. The van der Waals surface area contributed by atoms with Gasteiger partial charge in [0.05, 0.1) is 23.3 Å². The van der Waals surface area contributed by atoms with Crippen molar-refractivity contribution in [3.05, 3.63) is 35.9 Å². The number of nitriles is 1. The van der Waals surface area contributed by atoms with Crippen molar-refractivity contribution in [1.29, 1.82) is 5.26 Å². The molecule has 0 saturated carbocycles. The molecule has 3 heterocycles. The molecule has 4 rings (SSSR count). The largest absolute Gasteiger partial charge is 0.370 e. The average Bonchev–Trinajstić information content (AvgIpc) is 2.67. The summed E-state index contributed by atoms with van der Waals surface area (Å²) in [6.07, 6.45) is 0.348. The number of piperazine rings is 1. The highest BCUT2D eigenvalue weighted by Crippen LogP contribution is 2.24. The molecule has 2 aliphatic heterocycles. The minimum Gasteiger partial charge on any atom is -0.370 e. The van der Waals surface area contributed by atoms with Crippen LogP contribution < -0.4 is 10.2 Å². The van der Waals surface area contributed by atoms with Gasteiger partial charge in [-0.1, -0.05) is 12.1 Å². The van der Waals surface area contributed by atoms with Crippen LogP contribution in [0, 0.1) is 11.3 Å². The summed E-state index contributed by atoms with van der Waals surface area (Å²) >= 11 is 0. The Balaban J connectivity index is 1.54. The fraction of sp³-hybridized carbons (Fsp3) is 0.500. The van der Waals surface area contributed by atoms with E-state index in [4.69, 9.17) is 9.72 Å². The van der Waals surface area contributed by atoms with Gasteiger partial charge in [0.25, 0.3) is 0 Å². The number of hydrogen-bond acceptors (Lipinski definition) is 6. The summed E-state index contributed by atoms with van der Waals surface area (Å²) < 4.78 is 6.19. The van der Waals surface area contributed by atoms with Gasteiger partial charge in [0.1, 0.15) is 11.9 Å². The van der Waals surface area contributed by atoms with E-state index in [0.29, 0.717) is 5.56 Å². The Morgan fingerprint density at radius 3 is 2.88 bits per heavy atom. The van der Waals surface area contributed by atoms with Crippen LogP contribution in [0.2, 0.25) is 0 Å². The van der Waals surface area contributed by atoms with Gasteiger partial charge in [-0.25, -0.2) is 4.98 Å². The normalized spacial score (nSPS) is 24.5. The predicted octanol–water partition coefficient (Wildman–Crippen LogP) is 1.61. The third kappa shape index (κ3) is 3.65. The van der Waals surface area contributed by atoms with Crippen molar-refractivity contribution < 1.29 is 4.74 Å². The van der Waals surface area contributed by atoms with E-state index in [1.54, 1.807) is 0 Å². The van der Waals surface area contributed by atoms with Crippen LogP contribution in [0.15, 0.2) is 30.3 Å². The second-order valence-electron chi connectivity index (χ2n) is 7.18. The van der Waals surface area contributed by atoms with Crippen LogP contribution in [0.5, 0.6) is 0 Å². The zero-order valence-corrected chi connectivity index (χ0v) is 15.2. The Bertz CT molecular complexity index is 811. The second kappa shape index (κ2) is 7.58. The van der Waals surface area contributed by atoms with Crippen molar-refractivity contribution >= 4 is 16.7 Å². The first kappa shape index (κ1) is 17.2. The molecule has 2 saturated heterocycles. The van der Waals surface area contributed by atoms with Crippen LogP contribution in [0.4, 0.5) is 5.82 Å². The van der Waals surface area contributed by atoms with Crippen LogP contribution in [0.3, 0.4) is 0 Å². The number of nitrogens with one attached hydrogen (secondary N) is 1. The molecule has 6 nitrogen and oxygen atoms in total. The molecule has 1 aromatic carbocycles. The molecule has 26 heavy (non-hydrogen) atoms. The summed E-state index contributed by atoms with van der Waals surface area (Å²) in [6.45, 7) is 9.00. The van der Waals surface area contributed by atoms with Crippen LogP contribution in [-0.2, 0) is 4.74 Å². The number of pyridine rings is 1. The molecule has 0 spiro atoms. The first-order valence-electron chi connectivity index (χ1n) is 9.36. The van der Waals surface area contributed by atoms with E-state index in [9.17, 15) is 5.26 Å². The van der Waals surface area contributed by atoms with Crippen LogP contribution in [0.1, 0.15) is 12.5 Å². The fourth-order valence-corrected chi connectivity index (χ4v) is 3.92. The number of aromatic nitrogens is 1. The van der Waals surface area contributed by atoms with E-state index in [2.05, 4.69) is 40.2 Å². The average molecular weight is 351 g/mol. The maximum Gasteiger partial charge on any atom is 0.129 e. The topological polar surface area (TPSA) is 64.4 Å². The first-order valence-corrected chi connectivity index (χ1v) is 9.36. The van der Waals surface area contributed by atoms with E-state index in [1.807, 2.05) is 18.2 Å². The summed E-state index contributed by atoms with van der Waals surface area (Å²) in [5, 5.41) is 13.8. The lowest BCUT2D eigenvalue weighted by Gasteiger charge is -2.40. The van der Waals surface area contributed by atoms with Gasteiger partial charge in [-0.05, 0) is 25.1 Å². The van der Waals surface area contributed by atoms with Crippen molar-refractivity contribution in [3.8, 4) is 6.07 Å². The Morgan fingerprint density at radius 2 is 2.08 bits per heavy atom. The Kier molecular flexibility index (Phi) is 5.02. The number of benzene rings is 1. The summed E-state index contributed by atoms with van der Waals surface area (Å²) in [5.41, 5.74) is 1.41. The van der Waals surface area contributed by atoms with Gasteiger partial charge in [-0.15, -0.1) is 0 Å². The number of para-hydroxylation sites is 1. The van der Waals surface area contributed by atoms with Crippen molar-refractivity contribution in [2.75, 3.05) is 50.7 Å². The zero-order chi connectivity index (χ0) is 17.9. The van der Waals surface area contributed by atoms with Gasteiger partial charge >= 0.3 is 0 Å². The van der Waals surface area contributed by atoms with Crippen molar-refractivity contribution in [2.24, 2.45) is 0 Å². The molecule has 0 aliphatic carbocycles. The third-order valence-electron chi connectivity index (χ3n) is 5.15. The number of rotatable bonds is 3. The molecule has 2 fully saturated rings. The standard InChI is InChI=1S/C20H25N5O/c1-15-12-25(14-18(26-15)13-24-9-7-22-8-10-24)19-6-5-16-3-2-4-17(11-21)20(16)23-19/h2-6,15,18,22H,7-10,12-14H2,1H3. The maximum absolute atomic E-state index is 9.37. The molecule has 2 atom stereocenters.